The Labute approximate surface area is 151 Å². The van der Waals surface area contributed by atoms with Gasteiger partial charge in [-0.05, 0) is 23.8 Å². The maximum atomic E-state index is 12.4. The highest BCUT2D eigenvalue weighted by Crippen LogP contribution is 2.40. The average Bonchev–Trinajstić information content (AvgIpc) is 2.71. The summed E-state index contributed by atoms with van der Waals surface area (Å²) in [4.78, 5) is 16.7. The molecule has 130 valence electrons. The number of benzene rings is 2. The van der Waals surface area contributed by atoms with Crippen LogP contribution in [0.25, 0.3) is 10.9 Å². The highest BCUT2D eigenvalue weighted by molar-refractivity contribution is 5.85. The lowest BCUT2D eigenvalue weighted by Gasteiger charge is -2.24. The first-order valence-electron chi connectivity index (χ1n) is 8.15. The van der Waals surface area contributed by atoms with Gasteiger partial charge in [-0.3, -0.25) is 9.78 Å². The summed E-state index contributed by atoms with van der Waals surface area (Å²) in [7, 11) is 2.86. The molecule has 3 rings (SSSR count). The van der Waals surface area contributed by atoms with Gasteiger partial charge < -0.3 is 9.47 Å². The molecule has 0 saturated heterocycles. The van der Waals surface area contributed by atoms with Crippen LogP contribution in [-0.4, -0.2) is 25.2 Å². The number of carbonyl (C=O) groups is 1. The van der Waals surface area contributed by atoms with Crippen LogP contribution < -0.4 is 4.74 Å². The van der Waals surface area contributed by atoms with Gasteiger partial charge in [0.15, 0.2) is 5.92 Å². The fraction of sp³-hybridized carbons (Fsp3) is 0.190. The van der Waals surface area contributed by atoms with Crippen LogP contribution >= 0.6 is 0 Å². The Morgan fingerprint density at radius 1 is 1.04 bits per heavy atom. The third-order valence-electron chi connectivity index (χ3n) is 4.42. The predicted molar refractivity (Wildman–Crippen MR) is 97.7 cm³/mol. The number of pyridine rings is 1. The highest BCUT2D eigenvalue weighted by Gasteiger charge is 2.34. The van der Waals surface area contributed by atoms with Gasteiger partial charge in [-0.25, -0.2) is 0 Å². The summed E-state index contributed by atoms with van der Waals surface area (Å²) in [6.45, 7) is 0. The van der Waals surface area contributed by atoms with Gasteiger partial charge in [0.2, 0.25) is 0 Å². The number of nitrogens with zero attached hydrogens (tertiary/aromatic N) is 2. The largest absolute Gasteiger partial charge is 0.496 e. The van der Waals surface area contributed by atoms with E-state index in [1.54, 1.807) is 13.3 Å². The molecule has 0 spiro atoms. The molecule has 1 aromatic heterocycles. The summed E-state index contributed by atoms with van der Waals surface area (Å²) in [6.07, 6.45) is 1.69. The first-order chi connectivity index (χ1) is 12.7. The van der Waals surface area contributed by atoms with Gasteiger partial charge in [0.25, 0.3) is 0 Å². The van der Waals surface area contributed by atoms with E-state index in [4.69, 9.17) is 9.47 Å². The molecule has 0 bridgehead atoms. The number of ether oxygens (including phenoxy) is 2. The van der Waals surface area contributed by atoms with Crippen molar-refractivity contribution < 1.29 is 14.3 Å². The Morgan fingerprint density at radius 2 is 1.77 bits per heavy atom. The molecule has 2 unspecified atom stereocenters. The second kappa shape index (κ2) is 7.66. The van der Waals surface area contributed by atoms with Gasteiger partial charge in [0, 0.05) is 23.1 Å². The van der Waals surface area contributed by atoms with Gasteiger partial charge in [0.05, 0.1) is 25.8 Å². The Morgan fingerprint density at radius 3 is 2.50 bits per heavy atom. The van der Waals surface area contributed by atoms with Gasteiger partial charge >= 0.3 is 5.97 Å². The summed E-state index contributed by atoms with van der Waals surface area (Å²) in [5, 5.41) is 10.6. The molecule has 0 aliphatic rings. The Balaban J connectivity index is 2.30. The van der Waals surface area contributed by atoms with E-state index in [1.807, 2.05) is 54.6 Å². The number of fused-ring (bicyclic) bond motifs is 1. The number of hydrogen-bond donors (Lipinski definition) is 0. The zero-order valence-electron chi connectivity index (χ0n) is 14.5. The topological polar surface area (TPSA) is 72.2 Å². The predicted octanol–water partition coefficient (Wildman–Crippen LogP) is 3.69. The fourth-order valence-electron chi connectivity index (χ4n) is 3.23. The maximum absolute atomic E-state index is 12.4. The molecular weight excluding hydrogens is 328 g/mol. The molecule has 3 aromatic rings. The molecule has 26 heavy (non-hydrogen) atoms. The van der Waals surface area contributed by atoms with Crippen molar-refractivity contribution in [3.63, 3.8) is 0 Å². The molecule has 0 aliphatic heterocycles. The molecule has 0 amide bonds. The van der Waals surface area contributed by atoms with E-state index < -0.39 is 17.8 Å². The third-order valence-corrected chi connectivity index (χ3v) is 4.42. The minimum Gasteiger partial charge on any atom is -0.496 e. The van der Waals surface area contributed by atoms with Crippen molar-refractivity contribution in [3.05, 3.63) is 71.9 Å². The van der Waals surface area contributed by atoms with Gasteiger partial charge in [-0.15, -0.1) is 0 Å². The van der Waals surface area contributed by atoms with Gasteiger partial charge in [-0.1, -0.05) is 36.4 Å². The van der Waals surface area contributed by atoms with Crippen LogP contribution in [0, 0.1) is 17.2 Å². The van der Waals surface area contributed by atoms with Crippen LogP contribution in [0.5, 0.6) is 5.75 Å². The van der Waals surface area contributed by atoms with Crippen LogP contribution in [0.15, 0.2) is 60.8 Å². The zero-order valence-corrected chi connectivity index (χ0v) is 14.5. The van der Waals surface area contributed by atoms with Gasteiger partial charge in [0.1, 0.15) is 5.75 Å². The molecule has 0 aliphatic carbocycles. The second-order valence-corrected chi connectivity index (χ2v) is 5.77. The van der Waals surface area contributed by atoms with Crippen molar-refractivity contribution in [3.8, 4) is 11.8 Å². The van der Waals surface area contributed by atoms with Crippen molar-refractivity contribution in [2.75, 3.05) is 14.2 Å². The summed E-state index contributed by atoms with van der Waals surface area (Å²) in [6, 6.07) is 19.0. The monoisotopic (exact) mass is 346 g/mol. The molecule has 0 radical (unpaired) electrons. The summed E-state index contributed by atoms with van der Waals surface area (Å²) < 4.78 is 10.4. The average molecular weight is 346 g/mol. The van der Waals surface area contributed by atoms with Crippen LogP contribution in [-0.2, 0) is 9.53 Å². The van der Waals surface area contributed by atoms with E-state index in [2.05, 4.69) is 11.1 Å². The number of aromatic nitrogens is 1. The van der Waals surface area contributed by atoms with Crippen LogP contribution in [0.2, 0.25) is 0 Å². The SMILES string of the molecule is COC(=O)C(C#N)C(c1ccccc1OC)c1ccnc2ccccc12. The maximum Gasteiger partial charge on any atom is 0.324 e. The second-order valence-electron chi connectivity index (χ2n) is 5.77. The molecule has 1 heterocycles. The summed E-state index contributed by atoms with van der Waals surface area (Å²) in [5.74, 6) is -1.52. The van der Waals surface area contributed by atoms with E-state index in [0.29, 0.717) is 5.75 Å². The van der Waals surface area contributed by atoms with Crippen LogP contribution in [0.1, 0.15) is 17.0 Å². The zero-order chi connectivity index (χ0) is 18.5. The third kappa shape index (κ3) is 3.09. The number of carbonyl (C=O) groups excluding carboxylic acids is 1. The fourth-order valence-corrected chi connectivity index (χ4v) is 3.23. The minimum atomic E-state index is -1.01. The highest BCUT2D eigenvalue weighted by atomic mass is 16.5. The molecule has 2 aromatic carbocycles. The minimum absolute atomic E-state index is 0.545. The first kappa shape index (κ1) is 17.4. The number of nitriles is 1. The van der Waals surface area contributed by atoms with E-state index >= 15 is 0 Å². The van der Waals surface area contributed by atoms with E-state index in [-0.39, 0.29) is 0 Å². The molecular formula is C21H18N2O3. The van der Waals surface area contributed by atoms with Gasteiger partial charge in [-0.2, -0.15) is 5.26 Å². The molecule has 2 atom stereocenters. The van der Waals surface area contributed by atoms with E-state index in [9.17, 15) is 10.1 Å². The molecule has 5 heteroatoms. The molecule has 0 saturated carbocycles. The Bertz CT molecular complexity index is 973. The lowest BCUT2D eigenvalue weighted by atomic mass is 9.79. The standard InChI is InChI=1S/C21H18N2O3/c1-25-19-10-6-4-8-16(19)20(17(13-22)21(24)26-2)15-11-12-23-18-9-5-3-7-14(15)18/h3-12,17,20H,1-2H3. The normalized spacial score (nSPS) is 12.8. The number of hydrogen-bond acceptors (Lipinski definition) is 5. The summed E-state index contributed by atoms with van der Waals surface area (Å²) >= 11 is 0. The first-order valence-corrected chi connectivity index (χ1v) is 8.15. The van der Waals surface area contributed by atoms with Crippen molar-refractivity contribution in [2.45, 2.75) is 5.92 Å². The number of para-hydroxylation sites is 2. The van der Waals surface area contributed by atoms with Crippen molar-refractivity contribution in [2.24, 2.45) is 5.92 Å². The lowest BCUT2D eigenvalue weighted by molar-refractivity contribution is -0.143. The quantitative estimate of drug-likeness (QED) is 0.659. The van der Waals surface area contributed by atoms with E-state index in [0.717, 1.165) is 22.0 Å². The smallest absolute Gasteiger partial charge is 0.324 e. The van der Waals surface area contributed by atoms with Crippen molar-refractivity contribution in [1.29, 1.82) is 5.26 Å². The number of esters is 1. The Hall–Kier alpha value is -3.39. The molecule has 0 fully saturated rings. The lowest BCUT2D eigenvalue weighted by Crippen LogP contribution is -2.24. The van der Waals surface area contributed by atoms with Crippen LogP contribution in [0.4, 0.5) is 0 Å². The van der Waals surface area contributed by atoms with E-state index in [1.165, 1.54) is 7.11 Å². The number of methoxy groups -OCH3 is 2. The molecule has 0 N–H and O–H groups in total. The molecule has 5 nitrogen and oxygen atoms in total. The summed E-state index contributed by atoms with van der Waals surface area (Å²) in [5.41, 5.74) is 2.38. The van der Waals surface area contributed by atoms with Crippen LogP contribution in [0.3, 0.4) is 0 Å². The van der Waals surface area contributed by atoms with Crippen molar-refractivity contribution >= 4 is 16.9 Å². The number of rotatable bonds is 5. The Kier molecular flexibility index (Phi) is 5.14. The van der Waals surface area contributed by atoms with Crippen molar-refractivity contribution in [1.82, 2.24) is 4.98 Å².